The zero-order chi connectivity index (χ0) is 18.2. The van der Waals surface area contributed by atoms with Gasteiger partial charge in [0.05, 0.1) is 19.3 Å². The molecule has 0 spiro atoms. The summed E-state index contributed by atoms with van der Waals surface area (Å²) in [7, 11) is 1.67. The lowest BCUT2D eigenvalue weighted by molar-refractivity contribution is -0.121. The molecule has 0 radical (unpaired) electrons. The molecule has 0 aromatic heterocycles. The van der Waals surface area contributed by atoms with Gasteiger partial charge >= 0.3 is 6.03 Å². The Balaban J connectivity index is 1.78. The number of carbonyl (C=O) groups is 2. The van der Waals surface area contributed by atoms with Crippen molar-refractivity contribution in [1.29, 1.82) is 0 Å². The number of methoxy groups -OCH3 is 1. The van der Waals surface area contributed by atoms with Crippen molar-refractivity contribution in [3.05, 3.63) is 24.3 Å². The lowest BCUT2D eigenvalue weighted by atomic mass is 10.2. The number of nitrogens with zero attached hydrogens (tertiary/aromatic N) is 2. The van der Waals surface area contributed by atoms with Crippen LogP contribution in [0.4, 0.5) is 10.5 Å². The van der Waals surface area contributed by atoms with Gasteiger partial charge in [0.25, 0.3) is 0 Å². The number of rotatable bonds is 6. The smallest absolute Gasteiger partial charge is 0.321 e. The predicted molar refractivity (Wildman–Crippen MR) is 98.1 cm³/mol. The number of ether oxygens (including phenoxy) is 1. The van der Waals surface area contributed by atoms with Crippen molar-refractivity contribution in [2.45, 2.75) is 26.3 Å². The lowest BCUT2D eigenvalue weighted by Gasteiger charge is -2.36. The second-order valence-corrected chi connectivity index (χ2v) is 6.27. The summed E-state index contributed by atoms with van der Waals surface area (Å²) in [4.78, 5) is 28.0. The molecule has 0 aliphatic carbocycles. The van der Waals surface area contributed by atoms with Gasteiger partial charge in [0.2, 0.25) is 5.91 Å². The molecule has 7 heteroatoms. The summed E-state index contributed by atoms with van der Waals surface area (Å²) in [6.45, 7) is 7.26. The zero-order valence-corrected chi connectivity index (χ0v) is 15.2. The van der Waals surface area contributed by atoms with Gasteiger partial charge in [0, 0.05) is 32.2 Å². The van der Waals surface area contributed by atoms with Gasteiger partial charge < -0.3 is 15.0 Å². The molecule has 1 atom stereocenters. The number of hydrogen-bond donors (Lipinski definition) is 2. The van der Waals surface area contributed by atoms with Crippen LogP contribution in [0.2, 0.25) is 0 Å². The maximum Gasteiger partial charge on any atom is 0.321 e. The van der Waals surface area contributed by atoms with E-state index in [9.17, 15) is 9.59 Å². The quantitative estimate of drug-likeness (QED) is 0.814. The first-order valence-corrected chi connectivity index (χ1v) is 8.74. The number of benzene rings is 1. The first kappa shape index (κ1) is 19.1. The van der Waals surface area contributed by atoms with Crippen molar-refractivity contribution in [3.63, 3.8) is 0 Å². The Labute approximate surface area is 149 Å². The molecule has 3 amide bonds. The molecule has 1 heterocycles. The summed E-state index contributed by atoms with van der Waals surface area (Å²) in [5, 5.41) is 5.12. The monoisotopic (exact) mass is 348 g/mol. The molecule has 1 fully saturated rings. The van der Waals surface area contributed by atoms with Crippen LogP contribution in [0.5, 0.6) is 5.75 Å². The molecule has 138 valence electrons. The number of para-hydroxylation sites is 2. The summed E-state index contributed by atoms with van der Waals surface area (Å²) in [5.41, 5.74) is 1.07. The fourth-order valence-corrected chi connectivity index (χ4v) is 2.77. The van der Waals surface area contributed by atoms with E-state index in [4.69, 9.17) is 4.74 Å². The largest absolute Gasteiger partial charge is 0.495 e. The summed E-state index contributed by atoms with van der Waals surface area (Å²) in [6.07, 6.45) is 0.826. The SMILES string of the molecule is CC[C@H](C)NC(=O)NC(=O)CN1CCN(c2ccccc2OC)CC1. The van der Waals surface area contributed by atoms with E-state index in [2.05, 4.69) is 20.4 Å². The van der Waals surface area contributed by atoms with Crippen LogP contribution in [-0.4, -0.2) is 62.7 Å². The van der Waals surface area contributed by atoms with E-state index < -0.39 is 6.03 Å². The molecule has 1 saturated heterocycles. The van der Waals surface area contributed by atoms with Crippen molar-refractivity contribution in [2.24, 2.45) is 0 Å². The van der Waals surface area contributed by atoms with Crippen molar-refractivity contribution in [2.75, 3.05) is 44.7 Å². The molecular formula is C18H28N4O3. The first-order valence-electron chi connectivity index (χ1n) is 8.74. The van der Waals surface area contributed by atoms with Crippen LogP contribution >= 0.6 is 0 Å². The van der Waals surface area contributed by atoms with Gasteiger partial charge in [-0.25, -0.2) is 4.79 Å². The van der Waals surface area contributed by atoms with Crippen LogP contribution < -0.4 is 20.3 Å². The third kappa shape index (κ3) is 5.63. The average molecular weight is 348 g/mol. The minimum absolute atomic E-state index is 0.0530. The van der Waals surface area contributed by atoms with E-state index in [1.807, 2.05) is 38.1 Å². The van der Waals surface area contributed by atoms with Gasteiger partial charge in [-0.15, -0.1) is 0 Å². The molecular weight excluding hydrogens is 320 g/mol. The average Bonchev–Trinajstić information content (AvgIpc) is 2.62. The highest BCUT2D eigenvalue weighted by Gasteiger charge is 2.21. The first-order chi connectivity index (χ1) is 12.0. The van der Waals surface area contributed by atoms with Crippen molar-refractivity contribution in [1.82, 2.24) is 15.5 Å². The third-order valence-electron chi connectivity index (χ3n) is 4.41. The van der Waals surface area contributed by atoms with E-state index >= 15 is 0 Å². The van der Waals surface area contributed by atoms with Crippen LogP contribution in [-0.2, 0) is 4.79 Å². The molecule has 0 unspecified atom stereocenters. The number of anilines is 1. The zero-order valence-electron chi connectivity index (χ0n) is 15.2. The van der Waals surface area contributed by atoms with Gasteiger partial charge in [0.1, 0.15) is 5.75 Å². The fraction of sp³-hybridized carbons (Fsp3) is 0.556. The highest BCUT2D eigenvalue weighted by atomic mass is 16.5. The molecule has 2 N–H and O–H groups in total. The maximum absolute atomic E-state index is 12.0. The number of carbonyl (C=O) groups excluding carboxylic acids is 2. The predicted octanol–water partition coefficient (Wildman–Crippen LogP) is 1.44. The van der Waals surface area contributed by atoms with Crippen LogP contribution in [0.1, 0.15) is 20.3 Å². The minimum Gasteiger partial charge on any atom is -0.495 e. The summed E-state index contributed by atoms with van der Waals surface area (Å²) in [6, 6.07) is 7.57. The van der Waals surface area contributed by atoms with E-state index in [0.717, 1.165) is 44.0 Å². The highest BCUT2D eigenvalue weighted by Crippen LogP contribution is 2.28. The molecule has 1 aromatic rings. The van der Waals surface area contributed by atoms with Crippen LogP contribution in [0.3, 0.4) is 0 Å². The van der Waals surface area contributed by atoms with Crippen LogP contribution in [0.25, 0.3) is 0 Å². The second kappa shape index (κ2) is 9.27. The molecule has 7 nitrogen and oxygen atoms in total. The van der Waals surface area contributed by atoms with E-state index in [1.165, 1.54) is 0 Å². The summed E-state index contributed by atoms with van der Waals surface area (Å²) >= 11 is 0. The highest BCUT2D eigenvalue weighted by molar-refractivity contribution is 5.95. The van der Waals surface area contributed by atoms with Gasteiger partial charge in [-0.1, -0.05) is 19.1 Å². The Bertz CT molecular complexity index is 585. The van der Waals surface area contributed by atoms with Crippen molar-refractivity contribution < 1.29 is 14.3 Å². The summed E-state index contributed by atoms with van der Waals surface area (Å²) in [5.74, 6) is 0.585. The third-order valence-corrected chi connectivity index (χ3v) is 4.41. The normalized spacial score (nSPS) is 16.2. The number of amides is 3. The van der Waals surface area contributed by atoms with Gasteiger partial charge in [-0.05, 0) is 25.5 Å². The standard InChI is InChI=1S/C18H28N4O3/c1-4-14(2)19-18(24)20-17(23)13-21-9-11-22(12-10-21)15-7-5-6-8-16(15)25-3/h5-8,14H,4,9-13H2,1-3H3,(H2,19,20,23,24)/t14-/m0/s1. The van der Waals surface area contributed by atoms with E-state index in [1.54, 1.807) is 7.11 Å². The Kier molecular flexibility index (Phi) is 7.06. The number of urea groups is 1. The van der Waals surface area contributed by atoms with Crippen molar-refractivity contribution in [3.8, 4) is 5.75 Å². The molecule has 25 heavy (non-hydrogen) atoms. The van der Waals surface area contributed by atoms with Crippen molar-refractivity contribution >= 4 is 17.6 Å². The van der Waals surface area contributed by atoms with Gasteiger partial charge in [0.15, 0.2) is 0 Å². The molecule has 1 aromatic carbocycles. The van der Waals surface area contributed by atoms with Gasteiger partial charge in [-0.2, -0.15) is 0 Å². The molecule has 1 aliphatic rings. The Morgan fingerprint density at radius 2 is 1.88 bits per heavy atom. The minimum atomic E-state index is -0.424. The van der Waals surface area contributed by atoms with Crippen LogP contribution in [0.15, 0.2) is 24.3 Å². The molecule has 0 bridgehead atoms. The molecule has 0 saturated carbocycles. The van der Waals surface area contributed by atoms with E-state index in [0.29, 0.717) is 0 Å². The molecule has 1 aliphatic heterocycles. The van der Waals surface area contributed by atoms with Gasteiger partial charge in [-0.3, -0.25) is 15.0 Å². The Morgan fingerprint density at radius 1 is 1.20 bits per heavy atom. The Hall–Kier alpha value is -2.28. The number of imide groups is 1. The molecule has 2 rings (SSSR count). The topological polar surface area (TPSA) is 73.9 Å². The fourth-order valence-electron chi connectivity index (χ4n) is 2.77. The number of piperazine rings is 1. The van der Waals surface area contributed by atoms with E-state index in [-0.39, 0.29) is 18.5 Å². The lowest BCUT2D eigenvalue weighted by Crippen LogP contribution is -2.51. The van der Waals surface area contributed by atoms with Crippen LogP contribution in [0, 0.1) is 0 Å². The number of nitrogens with one attached hydrogen (secondary N) is 2. The summed E-state index contributed by atoms with van der Waals surface area (Å²) < 4.78 is 5.41. The Morgan fingerprint density at radius 3 is 2.52 bits per heavy atom. The maximum atomic E-state index is 12.0. The second-order valence-electron chi connectivity index (χ2n) is 6.27. The number of hydrogen-bond acceptors (Lipinski definition) is 5.